The summed E-state index contributed by atoms with van der Waals surface area (Å²) in [6, 6.07) is 15.5. The van der Waals surface area contributed by atoms with Gasteiger partial charge in [-0.3, -0.25) is 4.90 Å². The second kappa shape index (κ2) is 11.1. The van der Waals surface area contributed by atoms with Gasteiger partial charge >= 0.3 is 5.97 Å². The van der Waals surface area contributed by atoms with E-state index < -0.39 is 11.8 Å². The molecule has 0 amide bonds. The Kier molecular flexibility index (Phi) is 7.80. The fraction of sp³-hybridized carbons (Fsp3) is 0.516. The summed E-state index contributed by atoms with van der Waals surface area (Å²) < 4.78 is 20.5. The molecule has 0 unspecified atom stereocenters. The summed E-state index contributed by atoms with van der Waals surface area (Å²) in [5, 5.41) is 10.7. The van der Waals surface area contributed by atoms with E-state index in [-0.39, 0.29) is 11.0 Å². The predicted molar refractivity (Wildman–Crippen MR) is 148 cm³/mol. The third kappa shape index (κ3) is 6.06. The average Bonchev–Trinajstić information content (AvgIpc) is 3.29. The molecule has 0 spiro atoms. The van der Waals surface area contributed by atoms with Crippen molar-refractivity contribution < 1.29 is 24.1 Å². The first kappa shape index (κ1) is 26.7. The number of carbonyl (C=O) groups is 1. The van der Waals surface area contributed by atoms with Gasteiger partial charge in [0.1, 0.15) is 17.9 Å². The maximum absolute atomic E-state index is 11.4. The van der Waals surface area contributed by atoms with Crippen LogP contribution in [0.4, 0.5) is 0 Å². The zero-order valence-corrected chi connectivity index (χ0v) is 22.8. The number of aromatic carboxylic acids is 1. The van der Waals surface area contributed by atoms with Crippen molar-refractivity contribution >= 4 is 16.9 Å². The standard InChI is InChI=1S/C31H40N2O5/c1-30(2)21-37-31(3,38-22-30)14-17-33-20-26(24-8-4-6-10-27(24)33)23-12-15-32(16-13-23)18-19-36-28-11-7-5-9-25(28)29(34)35/h4-11,20,23H,12-19,21-22H2,1-3H3,(H,34,35). The van der Waals surface area contributed by atoms with Crippen LogP contribution >= 0.6 is 0 Å². The van der Waals surface area contributed by atoms with Gasteiger partial charge in [0, 0.05) is 42.0 Å². The lowest BCUT2D eigenvalue weighted by Gasteiger charge is -2.41. The van der Waals surface area contributed by atoms with Gasteiger partial charge in [-0.1, -0.05) is 44.2 Å². The van der Waals surface area contributed by atoms with Gasteiger partial charge in [-0.15, -0.1) is 0 Å². The number of likely N-dealkylation sites (tertiary alicyclic amines) is 1. The number of carboxylic acids is 1. The fourth-order valence-corrected chi connectivity index (χ4v) is 5.55. The molecule has 2 fully saturated rings. The molecule has 1 N–H and O–H groups in total. The second-order valence-electron chi connectivity index (χ2n) is 11.7. The van der Waals surface area contributed by atoms with Gasteiger partial charge in [0.25, 0.3) is 0 Å². The Morgan fingerprint density at radius 1 is 1.00 bits per heavy atom. The highest BCUT2D eigenvalue weighted by molar-refractivity contribution is 5.90. The normalized spacial score (nSPS) is 20.0. The van der Waals surface area contributed by atoms with E-state index in [0.717, 1.165) is 58.7 Å². The summed E-state index contributed by atoms with van der Waals surface area (Å²) >= 11 is 0. The van der Waals surface area contributed by atoms with E-state index in [2.05, 4.69) is 60.7 Å². The highest BCUT2D eigenvalue weighted by atomic mass is 16.7. The summed E-state index contributed by atoms with van der Waals surface area (Å²) in [5.74, 6) is -0.550. The molecule has 2 aromatic carbocycles. The number of hydrogen-bond acceptors (Lipinski definition) is 5. The maximum atomic E-state index is 11.4. The number of nitrogens with zero attached hydrogens (tertiary/aromatic N) is 2. The summed E-state index contributed by atoms with van der Waals surface area (Å²) in [6.07, 6.45) is 5.36. The lowest BCUT2D eigenvalue weighted by atomic mass is 9.89. The van der Waals surface area contributed by atoms with E-state index in [9.17, 15) is 9.90 Å². The lowest BCUT2D eigenvalue weighted by Crippen LogP contribution is -2.46. The number of piperidine rings is 1. The van der Waals surface area contributed by atoms with Crippen molar-refractivity contribution in [2.45, 2.75) is 58.3 Å². The van der Waals surface area contributed by atoms with Crippen LogP contribution in [-0.2, 0) is 16.0 Å². The largest absolute Gasteiger partial charge is 0.491 e. The smallest absolute Gasteiger partial charge is 0.339 e. The molecule has 0 aliphatic carbocycles. The quantitative estimate of drug-likeness (QED) is 0.386. The SMILES string of the molecule is CC1(C)COC(C)(CCn2cc(C3CCN(CCOc4ccccc4C(=O)O)CC3)c3ccccc32)OC1. The Morgan fingerprint density at radius 3 is 2.42 bits per heavy atom. The molecule has 7 heteroatoms. The van der Waals surface area contributed by atoms with Crippen LogP contribution < -0.4 is 4.74 Å². The molecule has 2 saturated heterocycles. The number of para-hydroxylation sites is 2. The molecule has 38 heavy (non-hydrogen) atoms. The number of aryl methyl sites for hydroxylation is 1. The van der Waals surface area contributed by atoms with Crippen LogP contribution in [0.5, 0.6) is 5.75 Å². The zero-order chi connectivity index (χ0) is 26.8. The van der Waals surface area contributed by atoms with Crippen LogP contribution in [0.25, 0.3) is 10.9 Å². The van der Waals surface area contributed by atoms with Crippen molar-refractivity contribution in [2.24, 2.45) is 5.41 Å². The van der Waals surface area contributed by atoms with Crippen LogP contribution in [0, 0.1) is 5.41 Å². The average molecular weight is 521 g/mol. The summed E-state index contributed by atoms with van der Waals surface area (Å²) in [7, 11) is 0. The van der Waals surface area contributed by atoms with Gasteiger partial charge in [0.2, 0.25) is 0 Å². The topological polar surface area (TPSA) is 73.2 Å². The molecule has 1 aromatic heterocycles. The Hall–Kier alpha value is -2.87. The summed E-state index contributed by atoms with van der Waals surface area (Å²) in [4.78, 5) is 13.8. The van der Waals surface area contributed by atoms with E-state index >= 15 is 0 Å². The maximum Gasteiger partial charge on any atom is 0.339 e. The first-order valence-corrected chi connectivity index (χ1v) is 13.8. The predicted octanol–water partition coefficient (Wildman–Crippen LogP) is 5.78. The molecule has 2 aliphatic rings. The van der Waals surface area contributed by atoms with Gasteiger partial charge in [0.05, 0.1) is 13.2 Å². The number of carboxylic acid groups (broad SMARTS) is 1. The van der Waals surface area contributed by atoms with Gasteiger partial charge in [-0.05, 0) is 62.5 Å². The van der Waals surface area contributed by atoms with Gasteiger partial charge < -0.3 is 23.9 Å². The van der Waals surface area contributed by atoms with Crippen molar-refractivity contribution in [3.63, 3.8) is 0 Å². The van der Waals surface area contributed by atoms with Crippen molar-refractivity contribution in [1.29, 1.82) is 0 Å². The van der Waals surface area contributed by atoms with Crippen LogP contribution in [-0.4, -0.2) is 65.8 Å². The highest BCUT2D eigenvalue weighted by Gasteiger charge is 2.36. The first-order valence-electron chi connectivity index (χ1n) is 13.8. The minimum Gasteiger partial charge on any atom is -0.491 e. The van der Waals surface area contributed by atoms with E-state index in [1.807, 2.05) is 0 Å². The van der Waals surface area contributed by atoms with E-state index in [0.29, 0.717) is 18.3 Å². The third-order valence-corrected chi connectivity index (χ3v) is 7.97. The van der Waals surface area contributed by atoms with Crippen molar-refractivity contribution in [1.82, 2.24) is 9.47 Å². The third-order valence-electron chi connectivity index (χ3n) is 7.97. The molecule has 204 valence electrons. The Labute approximate surface area is 225 Å². The lowest BCUT2D eigenvalue weighted by molar-refractivity contribution is -0.292. The van der Waals surface area contributed by atoms with Gasteiger partial charge in [-0.25, -0.2) is 4.79 Å². The molecular formula is C31H40N2O5. The summed E-state index contributed by atoms with van der Waals surface area (Å²) in [6.45, 7) is 12.0. The molecule has 5 rings (SSSR count). The van der Waals surface area contributed by atoms with E-state index in [4.69, 9.17) is 14.2 Å². The minimum absolute atomic E-state index is 0.0662. The monoisotopic (exact) mass is 520 g/mol. The van der Waals surface area contributed by atoms with Gasteiger partial charge in [-0.2, -0.15) is 0 Å². The molecule has 3 aromatic rings. The number of ether oxygens (including phenoxy) is 3. The zero-order valence-electron chi connectivity index (χ0n) is 22.8. The number of fused-ring (bicyclic) bond motifs is 1. The minimum atomic E-state index is -0.961. The van der Waals surface area contributed by atoms with Gasteiger partial charge in [0.15, 0.2) is 5.79 Å². The number of hydrogen-bond donors (Lipinski definition) is 1. The summed E-state index contributed by atoms with van der Waals surface area (Å²) in [5.41, 5.74) is 2.98. The second-order valence-corrected chi connectivity index (χ2v) is 11.7. The Morgan fingerprint density at radius 2 is 1.68 bits per heavy atom. The van der Waals surface area contributed by atoms with E-state index in [1.54, 1.807) is 24.3 Å². The molecule has 7 nitrogen and oxygen atoms in total. The molecule has 0 atom stereocenters. The number of benzene rings is 2. The van der Waals surface area contributed by atoms with Crippen LogP contribution in [0.3, 0.4) is 0 Å². The molecule has 0 bridgehead atoms. The van der Waals surface area contributed by atoms with Crippen molar-refractivity contribution in [3.05, 3.63) is 65.9 Å². The van der Waals surface area contributed by atoms with Crippen LogP contribution in [0.15, 0.2) is 54.7 Å². The van der Waals surface area contributed by atoms with Crippen LogP contribution in [0.2, 0.25) is 0 Å². The molecule has 2 aliphatic heterocycles. The molecule has 0 saturated carbocycles. The number of rotatable bonds is 9. The fourth-order valence-electron chi connectivity index (χ4n) is 5.55. The molecule has 3 heterocycles. The highest BCUT2D eigenvalue weighted by Crippen LogP contribution is 2.36. The van der Waals surface area contributed by atoms with Crippen molar-refractivity contribution in [2.75, 3.05) is 39.5 Å². The molecular weight excluding hydrogens is 480 g/mol. The van der Waals surface area contributed by atoms with Crippen molar-refractivity contribution in [3.8, 4) is 5.75 Å². The number of aromatic nitrogens is 1. The Bertz CT molecular complexity index is 1250. The Balaban J connectivity index is 1.18. The molecule has 0 radical (unpaired) electrons. The van der Waals surface area contributed by atoms with Crippen LogP contribution in [0.1, 0.15) is 61.9 Å². The first-order chi connectivity index (χ1) is 18.2. The van der Waals surface area contributed by atoms with E-state index in [1.165, 1.54) is 16.5 Å².